The number of Topliss-reactive ketones (excluding diaryl/α,β-unsaturated/α-hetero) is 1. The molecule has 36 heavy (non-hydrogen) atoms. The lowest BCUT2D eigenvalue weighted by molar-refractivity contribution is -0.148. The van der Waals surface area contributed by atoms with E-state index in [1.165, 1.54) is 6.42 Å². The molecular formula is C28H46N4O4. The molecule has 0 spiro atoms. The van der Waals surface area contributed by atoms with Gasteiger partial charge < -0.3 is 15.5 Å². The molecule has 3 amide bonds. The molecule has 8 heteroatoms. The number of hydrogen-bond donors (Lipinski definition) is 2. The first-order valence-electron chi connectivity index (χ1n) is 14.3. The monoisotopic (exact) mass is 502 g/mol. The van der Waals surface area contributed by atoms with Crippen LogP contribution < -0.4 is 10.6 Å². The minimum atomic E-state index is -0.848. The highest BCUT2D eigenvalue weighted by molar-refractivity contribution is 6.38. The Morgan fingerprint density at radius 1 is 0.944 bits per heavy atom. The lowest BCUT2D eigenvalue weighted by Crippen LogP contribution is -2.60. The second-order valence-electron chi connectivity index (χ2n) is 12.6. The third-order valence-electron chi connectivity index (χ3n) is 8.60. The van der Waals surface area contributed by atoms with Crippen molar-refractivity contribution in [3.05, 3.63) is 0 Å². The maximum atomic E-state index is 14.2. The number of nitrogens with one attached hydrogen (secondary N) is 2. The quantitative estimate of drug-likeness (QED) is 0.473. The van der Waals surface area contributed by atoms with Crippen LogP contribution in [0.1, 0.15) is 91.9 Å². The summed E-state index contributed by atoms with van der Waals surface area (Å²) in [4.78, 5) is 57.5. The van der Waals surface area contributed by atoms with Crippen molar-refractivity contribution in [3.63, 3.8) is 0 Å². The van der Waals surface area contributed by atoms with E-state index in [1.54, 1.807) is 0 Å². The summed E-state index contributed by atoms with van der Waals surface area (Å²) in [6, 6.07) is -1.60. The van der Waals surface area contributed by atoms with Crippen molar-refractivity contribution in [3.8, 4) is 0 Å². The molecule has 4 fully saturated rings. The first-order chi connectivity index (χ1) is 17.1. The molecule has 2 saturated carbocycles. The first-order valence-corrected chi connectivity index (χ1v) is 14.3. The average Bonchev–Trinajstić information content (AvgIpc) is 3.38. The van der Waals surface area contributed by atoms with Gasteiger partial charge in [0.05, 0.1) is 12.1 Å². The number of carbonyl (C=O) groups excluding carboxylic acids is 4. The van der Waals surface area contributed by atoms with Crippen molar-refractivity contribution in [2.75, 3.05) is 19.6 Å². The number of rotatable bonds is 9. The van der Waals surface area contributed by atoms with Crippen LogP contribution in [0.4, 0.5) is 0 Å². The lowest BCUT2D eigenvalue weighted by Gasteiger charge is -2.43. The fourth-order valence-electron chi connectivity index (χ4n) is 6.73. The number of carbonyl (C=O) groups is 4. The molecule has 8 nitrogen and oxygen atoms in total. The van der Waals surface area contributed by atoms with Gasteiger partial charge in [0.2, 0.25) is 17.6 Å². The molecule has 202 valence electrons. The van der Waals surface area contributed by atoms with Gasteiger partial charge in [0, 0.05) is 12.6 Å². The molecule has 0 aromatic heterocycles. The molecular weight excluding hydrogens is 456 g/mol. The summed E-state index contributed by atoms with van der Waals surface area (Å²) in [5.74, 6) is -0.957. The van der Waals surface area contributed by atoms with Crippen LogP contribution in [0.3, 0.4) is 0 Å². The molecule has 2 N–H and O–H groups in total. The summed E-state index contributed by atoms with van der Waals surface area (Å²) in [6.45, 7) is 10.7. The lowest BCUT2D eigenvalue weighted by atomic mass is 9.83. The molecule has 5 atom stereocenters. The molecule has 0 radical (unpaired) electrons. The number of fused-ring (bicyclic) bond motifs is 1. The molecule has 2 aliphatic carbocycles. The van der Waals surface area contributed by atoms with E-state index < -0.39 is 23.8 Å². The van der Waals surface area contributed by atoms with Gasteiger partial charge in [-0.1, -0.05) is 47.0 Å². The fourth-order valence-corrected chi connectivity index (χ4v) is 6.73. The van der Waals surface area contributed by atoms with Crippen molar-refractivity contribution >= 4 is 23.5 Å². The van der Waals surface area contributed by atoms with Crippen LogP contribution in [0.5, 0.6) is 0 Å². The molecule has 2 heterocycles. The largest absolute Gasteiger partial charge is 0.347 e. The SMILES string of the molecule is CCCC(NC(=O)C1C2CCCC2CN1C(=O)C(N1CCCCC1)C(C)(C)C)C(=O)C(=O)NC1CC1. The molecule has 2 saturated heterocycles. The maximum absolute atomic E-state index is 14.2. The Hall–Kier alpha value is -1.96. The highest BCUT2D eigenvalue weighted by Gasteiger charge is 2.52. The van der Waals surface area contributed by atoms with Crippen LogP contribution in [-0.4, -0.2) is 77.1 Å². The van der Waals surface area contributed by atoms with E-state index in [0.717, 1.165) is 58.0 Å². The summed E-state index contributed by atoms with van der Waals surface area (Å²) in [5, 5.41) is 5.69. The molecule has 0 aromatic carbocycles. The third kappa shape index (κ3) is 5.95. The zero-order valence-corrected chi connectivity index (χ0v) is 22.7. The number of likely N-dealkylation sites (tertiary alicyclic amines) is 2. The van der Waals surface area contributed by atoms with Crippen LogP contribution in [0.2, 0.25) is 0 Å². The number of amides is 3. The molecule has 2 aliphatic heterocycles. The molecule has 4 aliphatic rings. The van der Waals surface area contributed by atoms with E-state index >= 15 is 0 Å². The minimum absolute atomic E-state index is 0.0452. The van der Waals surface area contributed by atoms with E-state index in [1.807, 2.05) is 11.8 Å². The maximum Gasteiger partial charge on any atom is 0.289 e. The van der Waals surface area contributed by atoms with Crippen LogP contribution in [0, 0.1) is 17.3 Å². The highest BCUT2D eigenvalue weighted by atomic mass is 16.2. The van der Waals surface area contributed by atoms with Gasteiger partial charge in [0.1, 0.15) is 6.04 Å². The summed E-state index contributed by atoms with van der Waals surface area (Å²) >= 11 is 0. The Labute approximate surface area is 216 Å². The summed E-state index contributed by atoms with van der Waals surface area (Å²) in [6.07, 6.45) is 9.30. The van der Waals surface area contributed by atoms with Crippen LogP contribution in [0.25, 0.3) is 0 Å². The van der Waals surface area contributed by atoms with Crippen molar-refractivity contribution in [1.82, 2.24) is 20.4 Å². The Bertz CT molecular complexity index is 843. The Balaban J connectivity index is 1.53. The van der Waals surface area contributed by atoms with Gasteiger partial charge in [-0.15, -0.1) is 0 Å². The number of nitrogens with zero attached hydrogens (tertiary/aromatic N) is 2. The standard InChI is InChI=1S/C28H46N4O4/c1-5-10-21(23(33)26(35)29-19-13-14-19)30-25(34)22-20-12-9-11-18(20)17-32(22)27(36)24(28(2,3)4)31-15-7-6-8-16-31/h18-22,24H,5-17H2,1-4H3,(H,29,35)(H,30,34). The van der Waals surface area contributed by atoms with Gasteiger partial charge >= 0.3 is 0 Å². The highest BCUT2D eigenvalue weighted by Crippen LogP contribution is 2.43. The molecule has 0 bridgehead atoms. The topological polar surface area (TPSA) is 98.8 Å². The van der Waals surface area contributed by atoms with E-state index in [0.29, 0.717) is 25.3 Å². The summed E-state index contributed by atoms with van der Waals surface area (Å²) in [7, 11) is 0. The number of hydrogen-bond acceptors (Lipinski definition) is 5. The number of ketones is 1. The average molecular weight is 503 g/mol. The van der Waals surface area contributed by atoms with Gasteiger partial charge in [0.25, 0.3) is 5.91 Å². The molecule has 5 unspecified atom stereocenters. The Morgan fingerprint density at radius 3 is 2.25 bits per heavy atom. The van der Waals surface area contributed by atoms with Gasteiger partial charge in [-0.05, 0) is 75.3 Å². The Kier molecular flexibility index (Phi) is 8.42. The van der Waals surface area contributed by atoms with Gasteiger partial charge in [-0.25, -0.2) is 0 Å². The normalized spacial score (nSPS) is 28.3. The van der Waals surface area contributed by atoms with Crippen molar-refractivity contribution in [1.29, 1.82) is 0 Å². The van der Waals surface area contributed by atoms with E-state index in [2.05, 4.69) is 36.3 Å². The second kappa shape index (κ2) is 11.2. The van der Waals surface area contributed by atoms with Crippen LogP contribution >= 0.6 is 0 Å². The summed E-state index contributed by atoms with van der Waals surface area (Å²) in [5.41, 5.74) is -0.255. The van der Waals surface area contributed by atoms with Crippen LogP contribution in [-0.2, 0) is 19.2 Å². The van der Waals surface area contributed by atoms with Gasteiger partial charge in [0.15, 0.2) is 0 Å². The molecule has 0 aromatic rings. The number of piperidine rings is 1. The predicted octanol–water partition coefficient (Wildman–Crippen LogP) is 2.65. The zero-order chi connectivity index (χ0) is 26.0. The smallest absolute Gasteiger partial charge is 0.289 e. The zero-order valence-electron chi connectivity index (χ0n) is 22.7. The van der Waals surface area contributed by atoms with Crippen molar-refractivity contribution < 1.29 is 19.2 Å². The Morgan fingerprint density at radius 2 is 1.64 bits per heavy atom. The van der Waals surface area contributed by atoms with E-state index in [9.17, 15) is 19.2 Å². The first kappa shape index (κ1) is 27.1. The predicted molar refractivity (Wildman–Crippen MR) is 138 cm³/mol. The van der Waals surface area contributed by atoms with E-state index in [-0.39, 0.29) is 35.2 Å². The minimum Gasteiger partial charge on any atom is -0.347 e. The van der Waals surface area contributed by atoms with Gasteiger partial charge in [-0.2, -0.15) is 0 Å². The second-order valence-corrected chi connectivity index (χ2v) is 12.6. The fraction of sp³-hybridized carbons (Fsp3) is 0.857. The van der Waals surface area contributed by atoms with E-state index in [4.69, 9.17) is 0 Å². The van der Waals surface area contributed by atoms with Gasteiger partial charge in [-0.3, -0.25) is 24.1 Å². The van der Waals surface area contributed by atoms with Crippen molar-refractivity contribution in [2.24, 2.45) is 17.3 Å². The third-order valence-corrected chi connectivity index (χ3v) is 8.60. The van der Waals surface area contributed by atoms with Crippen LogP contribution in [0.15, 0.2) is 0 Å². The summed E-state index contributed by atoms with van der Waals surface area (Å²) < 4.78 is 0. The molecule has 4 rings (SSSR count). The van der Waals surface area contributed by atoms with Crippen molar-refractivity contribution in [2.45, 2.75) is 116 Å².